The van der Waals surface area contributed by atoms with Crippen molar-refractivity contribution in [2.75, 3.05) is 0 Å². The quantitative estimate of drug-likeness (QED) is 0.723. The molecule has 0 saturated carbocycles. The van der Waals surface area contributed by atoms with Crippen LogP contribution in [0.2, 0.25) is 0 Å². The normalized spacial score (nSPS) is 10.6. The average Bonchev–Trinajstić information content (AvgIpc) is 2.85. The second-order valence-electron chi connectivity index (χ2n) is 4.18. The second-order valence-corrected chi connectivity index (χ2v) is 4.18. The third-order valence-electron chi connectivity index (χ3n) is 2.92. The van der Waals surface area contributed by atoms with Crippen molar-refractivity contribution in [1.82, 2.24) is 14.8 Å². The Labute approximate surface area is 113 Å². The molecule has 20 heavy (non-hydrogen) atoms. The van der Waals surface area contributed by atoms with Crippen LogP contribution in [0.5, 0.6) is 0 Å². The van der Waals surface area contributed by atoms with Gasteiger partial charge in [-0.3, -0.25) is 4.98 Å². The maximum atomic E-state index is 11.7. The Bertz CT molecular complexity index is 852. The summed E-state index contributed by atoms with van der Waals surface area (Å²) in [6, 6.07) is 11.2. The Hall–Kier alpha value is -2.94. The molecule has 2 heterocycles. The molecule has 0 amide bonds. The molecule has 0 bridgehead atoms. The van der Waals surface area contributed by atoms with Crippen LogP contribution >= 0.6 is 0 Å². The van der Waals surface area contributed by atoms with Crippen LogP contribution in [0.3, 0.4) is 0 Å². The Balaban J connectivity index is 2.12. The molecule has 3 rings (SSSR count). The Morgan fingerprint density at radius 3 is 3.05 bits per heavy atom. The highest BCUT2D eigenvalue weighted by Crippen LogP contribution is 2.25. The zero-order valence-corrected chi connectivity index (χ0v) is 10.5. The van der Waals surface area contributed by atoms with Gasteiger partial charge in [-0.2, -0.15) is 9.94 Å². The molecule has 0 spiro atoms. The summed E-state index contributed by atoms with van der Waals surface area (Å²) in [4.78, 5) is 15.9. The molecule has 98 valence electrons. The summed E-state index contributed by atoms with van der Waals surface area (Å²) in [5, 5.41) is 13.5. The largest absolute Gasteiger partial charge is 0.437 e. The highest BCUT2D eigenvalue weighted by Gasteiger charge is 2.12. The van der Waals surface area contributed by atoms with Crippen LogP contribution in [0.4, 0.5) is 0 Å². The molecule has 0 atom stereocenters. The first-order chi connectivity index (χ1) is 9.79. The van der Waals surface area contributed by atoms with Crippen LogP contribution in [0, 0.1) is 11.3 Å². The molecular formula is C14H10N4O2. The minimum atomic E-state index is -0.559. The minimum Gasteiger partial charge on any atom is -0.388 e. The lowest BCUT2D eigenvalue weighted by Gasteiger charge is -2.00. The van der Waals surface area contributed by atoms with Crippen molar-refractivity contribution in [2.24, 2.45) is 0 Å². The number of hydrogen-bond acceptors (Lipinski definition) is 5. The monoisotopic (exact) mass is 266 g/mol. The van der Waals surface area contributed by atoms with Crippen LogP contribution < -0.4 is 5.76 Å². The smallest absolute Gasteiger partial charge is 0.388 e. The number of hydrogen-bond donors (Lipinski definition) is 0. The minimum absolute atomic E-state index is 0.211. The molecule has 0 aliphatic heterocycles. The Kier molecular flexibility index (Phi) is 3.01. The molecule has 2 aromatic heterocycles. The maximum Gasteiger partial charge on any atom is 0.437 e. The van der Waals surface area contributed by atoms with E-state index in [9.17, 15) is 4.79 Å². The maximum absolute atomic E-state index is 11.7. The lowest BCUT2D eigenvalue weighted by molar-refractivity contribution is 0.484. The summed E-state index contributed by atoms with van der Waals surface area (Å²) in [7, 11) is 0. The fourth-order valence-electron chi connectivity index (χ4n) is 2.00. The molecule has 6 nitrogen and oxygen atoms in total. The fraction of sp³-hybridized carbons (Fsp3) is 0.143. The number of fused-ring (bicyclic) bond motifs is 1. The highest BCUT2D eigenvalue weighted by molar-refractivity contribution is 5.92. The SMILES string of the molecule is N#CCCn1nc(-c2cccc3ncccc23)oc1=O. The zero-order chi connectivity index (χ0) is 13.9. The van der Waals surface area contributed by atoms with E-state index < -0.39 is 5.76 Å². The molecule has 1 aromatic carbocycles. The van der Waals surface area contributed by atoms with Crippen LogP contribution in [-0.4, -0.2) is 14.8 Å². The number of pyridine rings is 1. The van der Waals surface area contributed by atoms with E-state index in [0.717, 1.165) is 15.6 Å². The van der Waals surface area contributed by atoms with E-state index in [1.807, 2.05) is 36.4 Å². The number of rotatable bonds is 3. The second kappa shape index (κ2) is 4.97. The lowest BCUT2D eigenvalue weighted by Crippen LogP contribution is -2.15. The molecule has 0 aliphatic carbocycles. The molecule has 0 unspecified atom stereocenters. The summed E-state index contributed by atoms with van der Waals surface area (Å²) in [5.41, 5.74) is 1.52. The zero-order valence-electron chi connectivity index (χ0n) is 10.5. The van der Waals surface area contributed by atoms with Crippen LogP contribution in [0.15, 0.2) is 45.7 Å². The van der Waals surface area contributed by atoms with Crippen molar-refractivity contribution in [3.8, 4) is 17.5 Å². The number of benzene rings is 1. The van der Waals surface area contributed by atoms with Gasteiger partial charge in [0.1, 0.15) is 0 Å². The Morgan fingerprint density at radius 2 is 2.20 bits per heavy atom. The number of aromatic nitrogens is 3. The summed E-state index contributed by atoms with van der Waals surface area (Å²) in [6.07, 6.45) is 1.91. The third-order valence-corrected chi connectivity index (χ3v) is 2.92. The molecule has 0 aliphatic rings. The highest BCUT2D eigenvalue weighted by atomic mass is 16.4. The average molecular weight is 266 g/mol. The van der Waals surface area contributed by atoms with E-state index in [-0.39, 0.29) is 18.9 Å². The summed E-state index contributed by atoms with van der Waals surface area (Å²) < 4.78 is 6.33. The van der Waals surface area contributed by atoms with E-state index in [1.54, 1.807) is 6.20 Å². The van der Waals surface area contributed by atoms with Gasteiger partial charge in [-0.05, 0) is 18.2 Å². The van der Waals surface area contributed by atoms with Crippen molar-refractivity contribution < 1.29 is 4.42 Å². The van der Waals surface area contributed by atoms with Gasteiger partial charge in [-0.1, -0.05) is 12.1 Å². The molecule has 6 heteroatoms. The van der Waals surface area contributed by atoms with E-state index >= 15 is 0 Å². The van der Waals surface area contributed by atoms with Gasteiger partial charge in [-0.15, -0.1) is 5.10 Å². The summed E-state index contributed by atoms with van der Waals surface area (Å²) in [5.74, 6) is -0.317. The van der Waals surface area contributed by atoms with Crippen molar-refractivity contribution in [3.05, 3.63) is 47.1 Å². The van der Waals surface area contributed by atoms with Gasteiger partial charge in [0.2, 0.25) is 5.89 Å². The first-order valence-electron chi connectivity index (χ1n) is 6.08. The van der Waals surface area contributed by atoms with E-state index in [4.69, 9.17) is 9.68 Å². The van der Waals surface area contributed by atoms with Crippen LogP contribution in [-0.2, 0) is 6.54 Å². The molecule has 3 aromatic rings. The summed E-state index contributed by atoms with van der Waals surface area (Å²) >= 11 is 0. The molecule has 0 N–H and O–H groups in total. The topological polar surface area (TPSA) is 84.7 Å². The van der Waals surface area contributed by atoms with E-state index in [2.05, 4.69) is 10.1 Å². The predicted octanol–water partition coefficient (Wildman–Crippen LogP) is 1.97. The first kappa shape index (κ1) is 12.1. The van der Waals surface area contributed by atoms with Crippen molar-refractivity contribution in [2.45, 2.75) is 13.0 Å². The van der Waals surface area contributed by atoms with E-state index in [1.165, 1.54) is 0 Å². The van der Waals surface area contributed by atoms with Gasteiger partial charge < -0.3 is 4.42 Å². The number of aryl methyl sites for hydroxylation is 1. The van der Waals surface area contributed by atoms with Crippen molar-refractivity contribution in [1.29, 1.82) is 5.26 Å². The molecule has 0 saturated heterocycles. The standard InChI is InChI=1S/C14H10N4O2/c15-7-3-9-18-14(19)20-13(17-18)11-4-1-6-12-10(11)5-2-8-16-12/h1-2,4-6,8H,3,9H2. The van der Waals surface area contributed by atoms with Gasteiger partial charge in [0.15, 0.2) is 0 Å². The number of nitriles is 1. The first-order valence-corrected chi connectivity index (χ1v) is 6.08. The molecular weight excluding hydrogens is 256 g/mol. The molecule has 0 radical (unpaired) electrons. The van der Waals surface area contributed by atoms with Gasteiger partial charge in [0.05, 0.1) is 24.6 Å². The predicted molar refractivity (Wildman–Crippen MR) is 71.7 cm³/mol. The van der Waals surface area contributed by atoms with E-state index in [0.29, 0.717) is 5.56 Å². The summed E-state index contributed by atoms with van der Waals surface area (Å²) in [6.45, 7) is 0.224. The van der Waals surface area contributed by atoms with Gasteiger partial charge in [0.25, 0.3) is 0 Å². The van der Waals surface area contributed by atoms with Crippen molar-refractivity contribution >= 4 is 10.9 Å². The van der Waals surface area contributed by atoms with Crippen LogP contribution in [0.25, 0.3) is 22.4 Å². The fourth-order valence-corrected chi connectivity index (χ4v) is 2.00. The third kappa shape index (κ3) is 2.06. The van der Waals surface area contributed by atoms with Gasteiger partial charge in [0, 0.05) is 17.1 Å². The van der Waals surface area contributed by atoms with Gasteiger partial charge in [-0.25, -0.2) is 4.79 Å². The van der Waals surface area contributed by atoms with Crippen molar-refractivity contribution in [3.63, 3.8) is 0 Å². The lowest BCUT2D eigenvalue weighted by atomic mass is 10.1. The number of nitrogens with zero attached hydrogens (tertiary/aromatic N) is 4. The van der Waals surface area contributed by atoms with Crippen LogP contribution in [0.1, 0.15) is 6.42 Å². The molecule has 0 fully saturated rings. The Morgan fingerprint density at radius 1 is 1.30 bits per heavy atom. The van der Waals surface area contributed by atoms with Gasteiger partial charge >= 0.3 is 5.76 Å².